The second-order valence-electron chi connectivity index (χ2n) is 6.22. The van der Waals surface area contributed by atoms with Gasteiger partial charge in [0.05, 0.1) is 4.90 Å². The molecule has 0 atom stereocenters. The standard InChI is InChI=1S/C20H24N2O4S/c1-3-4-5-13-21-27(25,26)19-11-9-16(10-12-19)20(24)22-18-8-6-7-17(14-18)15(2)23/h6-12,14,21H,3-5,13H2,1-2H3,(H,22,24). The van der Waals surface area contributed by atoms with E-state index in [1.54, 1.807) is 24.3 Å². The van der Waals surface area contributed by atoms with Crippen LogP contribution in [0.2, 0.25) is 0 Å². The summed E-state index contributed by atoms with van der Waals surface area (Å²) in [6, 6.07) is 12.4. The minimum Gasteiger partial charge on any atom is -0.322 e. The van der Waals surface area contributed by atoms with Gasteiger partial charge in [0, 0.05) is 23.4 Å². The molecule has 0 aromatic heterocycles. The number of unbranched alkanes of at least 4 members (excludes halogenated alkanes) is 2. The summed E-state index contributed by atoms with van der Waals surface area (Å²) in [6.45, 7) is 3.90. The average Bonchev–Trinajstić information content (AvgIpc) is 2.65. The third-order valence-electron chi connectivity index (χ3n) is 4.03. The maximum absolute atomic E-state index is 12.3. The first-order chi connectivity index (χ1) is 12.8. The van der Waals surface area contributed by atoms with Gasteiger partial charge in [-0.15, -0.1) is 0 Å². The van der Waals surface area contributed by atoms with Crippen LogP contribution >= 0.6 is 0 Å². The molecule has 6 nitrogen and oxygen atoms in total. The van der Waals surface area contributed by atoms with Gasteiger partial charge in [0.2, 0.25) is 10.0 Å². The van der Waals surface area contributed by atoms with Gasteiger partial charge in [0.1, 0.15) is 0 Å². The van der Waals surface area contributed by atoms with Gasteiger partial charge in [-0.1, -0.05) is 31.9 Å². The number of amides is 1. The highest BCUT2D eigenvalue weighted by Crippen LogP contribution is 2.15. The van der Waals surface area contributed by atoms with Crippen molar-refractivity contribution in [3.8, 4) is 0 Å². The van der Waals surface area contributed by atoms with Crippen LogP contribution in [0.5, 0.6) is 0 Å². The number of Topliss-reactive ketones (excluding diaryl/α,β-unsaturated/α-hetero) is 1. The molecule has 0 saturated heterocycles. The number of hydrogen-bond acceptors (Lipinski definition) is 4. The monoisotopic (exact) mass is 388 g/mol. The van der Waals surface area contributed by atoms with E-state index in [0.717, 1.165) is 19.3 Å². The van der Waals surface area contributed by atoms with E-state index in [4.69, 9.17) is 0 Å². The molecule has 0 aliphatic rings. The summed E-state index contributed by atoms with van der Waals surface area (Å²) in [7, 11) is -3.58. The molecule has 0 radical (unpaired) electrons. The molecule has 0 saturated carbocycles. The first-order valence-electron chi connectivity index (χ1n) is 8.85. The van der Waals surface area contributed by atoms with Gasteiger partial charge in [0.15, 0.2) is 5.78 Å². The lowest BCUT2D eigenvalue weighted by Crippen LogP contribution is -2.24. The summed E-state index contributed by atoms with van der Waals surface area (Å²) in [5.74, 6) is -0.470. The molecule has 2 aromatic carbocycles. The molecule has 1 amide bonds. The molecule has 7 heteroatoms. The topological polar surface area (TPSA) is 92.3 Å². The molecule has 144 valence electrons. The summed E-state index contributed by atoms with van der Waals surface area (Å²) in [5, 5.41) is 2.70. The number of carbonyl (C=O) groups is 2. The number of benzene rings is 2. The predicted molar refractivity (Wildman–Crippen MR) is 106 cm³/mol. The smallest absolute Gasteiger partial charge is 0.255 e. The summed E-state index contributed by atoms with van der Waals surface area (Å²) >= 11 is 0. The molecule has 0 spiro atoms. The predicted octanol–water partition coefficient (Wildman–Crippen LogP) is 3.61. The minimum absolute atomic E-state index is 0.0907. The fourth-order valence-corrected chi connectivity index (χ4v) is 3.54. The van der Waals surface area contributed by atoms with Crippen molar-refractivity contribution < 1.29 is 18.0 Å². The molecule has 2 aromatic rings. The van der Waals surface area contributed by atoms with Crippen LogP contribution in [0.3, 0.4) is 0 Å². The van der Waals surface area contributed by atoms with E-state index in [-0.39, 0.29) is 16.6 Å². The van der Waals surface area contributed by atoms with Crippen LogP contribution in [0.1, 0.15) is 53.8 Å². The zero-order chi connectivity index (χ0) is 19.9. The number of sulfonamides is 1. The molecule has 0 bridgehead atoms. The quantitative estimate of drug-likeness (QED) is 0.507. The Morgan fingerprint density at radius 2 is 1.67 bits per heavy atom. The van der Waals surface area contributed by atoms with E-state index in [1.165, 1.54) is 31.2 Å². The van der Waals surface area contributed by atoms with Crippen LogP contribution < -0.4 is 10.0 Å². The highest BCUT2D eigenvalue weighted by atomic mass is 32.2. The summed E-state index contributed by atoms with van der Waals surface area (Å²) in [5.41, 5.74) is 1.33. The number of anilines is 1. The Morgan fingerprint density at radius 3 is 2.30 bits per heavy atom. The van der Waals surface area contributed by atoms with Crippen molar-refractivity contribution in [1.82, 2.24) is 4.72 Å². The lowest BCUT2D eigenvalue weighted by atomic mass is 10.1. The molecule has 0 unspecified atom stereocenters. The maximum Gasteiger partial charge on any atom is 0.255 e. The Kier molecular flexibility index (Phi) is 7.27. The number of nitrogens with one attached hydrogen (secondary N) is 2. The van der Waals surface area contributed by atoms with Crippen LogP contribution in [0.15, 0.2) is 53.4 Å². The number of rotatable bonds is 9. The second kappa shape index (κ2) is 9.43. The Labute approximate surface area is 160 Å². The molecule has 0 aliphatic carbocycles. The first-order valence-corrected chi connectivity index (χ1v) is 10.3. The molecule has 0 heterocycles. The van der Waals surface area contributed by atoms with Gasteiger partial charge in [0.25, 0.3) is 5.91 Å². The highest BCUT2D eigenvalue weighted by Gasteiger charge is 2.14. The lowest BCUT2D eigenvalue weighted by molar-refractivity contribution is 0.101. The second-order valence-corrected chi connectivity index (χ2v) is 7.99. The SMILES string of the molecule is CCCCCNS(=O)(=O)c1ccc(C(=O)Nc2cccc(C(C)=O)c2)cc1. The van der Waals surface area contributed by atoms with E-state index in [1.807, 2.05) is 0 Å². The summed E-state index contributed by atoms with van der Waals surface area (Å²) in [4.78, 5) is 23.9. The fourth-order valence-electron chi connectivity index (χ4n) is 2.47. The molecule has 0 fully saturated rings. The van der Waals surface area contributed by atoms with Crippen LogP contribution in [0.4, 0.5) is 5.69 Å². The van der Waals surface area contributed by atoms with Gasteiger partial charge in [-0.25, -0.2) is 13.1 Å². The Bertz CT molecular complexity index is 906. The fraction of sp³-hybridized carbons (Fsp3) is 0.300. The van der Waals surface area contributed by atoms with E-state index in [2.05, 4.69) is 17.0 Å². The summed E-state index contributed by atoms with van der Waals surface area (Å²) in [6.07, 6.45) is 2.77. The third kappa shape index (κ3) is 6.01. The Balaban J connectivity index is 2.05. The van der Waals surface area contributed by atoms with Crippen molar-refractivity contribution in [3.63, 3.8) is 0 Å². The number of carbonyl (C=O) groups excluding carboxylic acids is 2. The van der Waals surface area contributed by atoms with Gasteiger partial charge < -0.3 is 5.32 Å². The first kappa shape index (κ1) is 20.8. The largest absolute Gasteiger partial charge is 0.322 e. The zero-order valence-electron chi connectivity index (χ0n) is 15.5. The van der Waals surface area contributed by atoms with Crippen molar-refractivity contribution in [2.75, 3.05) is 11.9 Å². The van der Waals surface area contributed by atoms with Crippen molar-refractivity contribution in [1.29, 1.82) is 0 Å². The van der Waals surface area contributed by atoms with Gasteiger partial charge >= 0.3 is 0 Å². The van der Waals surface area contributed by atoms with Gasteiger partial charge in [-0.05, 0) is 49.7 Å². The molecular weight excluding hydrogens is 364 g/mol. The number of hydrogen-bond donors (Lipinski definition) is 2. The van der Waals surface area contributed by atoms with Crippen molar-refractivity contribution in [2.24, 2.45) is 0 Å². The molecular formula is C20H24N2O4S. The number of ketones is 1. The molecule has 27 heavy (non-hydrogen) atoms. The lowest BCUT2D eigenvalue weighted by Gasteiger charge is -2.09. The third-order valence-corrected chi connectivity index (χ3v) is 5.50. The average molecular weight is 388 g/mol. The van der Waals surface area contributed by atoms with Crippen LogP contribution in [-0.4, -0.2) is 26.7 Å². The van der Waals surface area contributed by atoms with Crippen LogP contribution in [0, 0.1) is 0 Å². The Hall–Kier alpha value is -2.51. The van der Waals surface area contributed by atoms with E-state index >= 15 is 0 Å². The van der Waals surface area contributed by atoms with Gasteiger partial charge in [-0.2, -0.15) is 0 Å². The minimum atomic E-state index is -3.58. The van der Waals surface area contributed by atoms with Crippen molar-refractivity contribution in [2.45, 2.75) is 38.0 Å². The van der Waals surface area contributed by atoms with E-state index in [9.17, 15) is 18.0 Å². The highest BCUT2D eigenvalue weighted by molar-refractivity contribution is 7.89. The summed E-state index contributed by atoms with van der Waals surface area (Å²) < 4.78 is 27.0. The Morgan fingerprint density at radius 1 is 0.963 bits per heavy atom. The molecule has 2 rings (SSSR count). The maximum atomic E-state index is 12.3. The molecule has 2 N–H and O–H groups in total. The van der Waals surface area contributed by atoms with Crippen molar-refractivity contribution in [3.05, 3.63) is 59.7 Å². The molecule has 0 aliphatic heterocycles. The van der Waals surface area contributed by atoms with Crippen LogP contribution in [0.25, 0.3) is 0 Å². The normalized spacial score (nSPS) is 11.2. The van der Waals surface area contributed by atoms with E-state index < -0.39 is 10.0 Å². The zero-order valence-corrected chi connectivity index (χ0v) is 16.3. The van der Waals surface area contributed by atoms with E-state index in [0.29, 0.717) is 23.4 Å². The van der Waals surface area contributed by atoms with Gasteiger partial charge in [-0.3, -0.25) is 9.59 Å². The van der Waals surface area contributed by atoms with Crippen molar-refractivity contribution >= 4 is 27.4 Å². The van der Waals surface area contributed by atoms with Crippen LogP contribution in [-0.2, 0) is 10.0 Å².